The average molecular weight is 368 g/mol. The summed E-state index contributed by atoms with van der Waals surface area (Å²) in [6.45, 7) is 5.17. The first-order valence-electron chi connectivity index (χ1n) is 9.15. The van der Waals surface area contributed by atoms with Crippen LogP contribution in [0.25, 0.3) is 0 Å². The molecule has 142 valence electrons. The van der Waals surface area contributed by atoms with Crippen LogP contribution in [0.1, 0.15) is 33.2 Å². The van der Waals surface area contributed by atoms with E-state index >= 15 is 0 Å². The number of hydrogen-bond acceptors (Lipinski definition) is 4. The molecule has 2 amide bonds. The number of amides is 2. The number of ether oxygens (including phenoxy) is 2. The molecule has 0 atom stereocenters. The van der Waals surface area contributed by atoms with Crippen LogP contribution in [0.5, 0.6) is 5.75 Å². The minimum Gasteiger partial charge on any atom is -0.493 e. The fourth-order valence-electron chi connectivity index (χ4n) is 2.93. The third kappa shape index (κ3) is 4.86. The fraction of sp³-hybridized carbons (Fsp3) is 0.333. The summed E-state index contributed by atoms with van der Waals surface area (Å²) in [7, 11) is 0. The minimum absolute atomic E-state index is 0.0135. The van der Waals surface area contributed by atoms with Gasteiger partial charge in [0.1, 0.15) is 5.75 Å². The zero-order valence-electron chi connectivity index (χ0n) is 15.4. The van der Waals surface area contributed by atoms with Gasteiger partial charge in [-0.1, -0.05) is 24.3 Å². The summed E-state index contributed by atoms with van der Waals surface area (Å²) in [5.41, 5.74) is 2.09. The number of hydrogen-bond donors (Lipinski definition) is 1. The number of nitrogens with one attached hydrogen (secondary N) is 1. The van der Waals surface area contributed by atoms with Gasteiger partial charge in [0.05, 0.1) is 25.4 Å². The summed E-state index contributed by atoms with van der Waals surface area (Å²) in [4.78, 5) is 26.7. The quantitative estimate of drug-likeness (QED) is 0.851. The summed E-state index contributed by atoms with van der Waals surface area (Å²) >= 11 is 0. The fourth-order valence-corrected chi connectivity index (χ4v) is 2.93. The third-order valence-corrected chi connectivity index (χ3v) is 4.38. The van der Waals surface area contributed by atoms with Crippen LogP contribution in [0.2, 0.25) is 0 Å². The smallest absolute Gasteiger partial charge is 0.255 e. The van der Waals surface area contributed by atoms with Gasteiger partial charge in [-0.25, -0.2) is 0 Å². The highest BCUT2D eigenvalue weighted by Crippen LogP contribution is 2.18. The van der Waals surface area contributed by atoms with E-state index in [9.17, 15) is 9.59 Å². The molecule has 3 rings (SSSR count). The van der Waals surface area contributed by atoms with Gasteiger partial charge in [0.15, 0.2) is 0 Å². The lowest BCUT2D eigenvalue weighted by molar-refractivity contribution is 0.0303. The Bertz CT molecular complexity index is 783. The Morgan fingerprint density at radius 1 is 1.07 bits per heavy atom. The number of morpholine rings is 1. The van der Waals surface area contributed by atoms with Crippen LogP contribution in [-0.4, -0.2) is 49.6 Å². The maximum atomic E-state index is 12.4. The van der Waals surface area contributed by atoms with Gasteiger partial charge in [0, 0.05) is 25.2 Å². The Labute approximate surface area is 159 Å². The highest BCUT2D eigenvalue weighted by atomic mass is 16.5. The number of carbonyl (C=O) groups is 2. The van der Waals surface area contributed by atoms with E-state index in [-0.39, 0.29) is 11.8 Å². The van der Waals surface area contributed by atoms with E-state index in [0.29, 0.717) is 56.3 Å². The SMILES string of the molecule is CCOc1ccccc1C(=O)NCc1ccc(C(=O)N2CCOCC2)cc1. The summed E-state index contributed by atoms with van der Waals surface area (Å²) in [6.07, 6.45) is 0. The number of para-hydroxylation sites is 1. The van der Waals surface area contributed by atoms with Gasteiger partial charge in [0.25, 0.3) is 11.8 Å². The average Bonchev–Trinajstić information content (AvgIpc) is 2.73. The van der Waals surface area contributed by atoms with Crippen molar-refractivity contribution in [3.8, 4) is 5.75 Å². The van der Waals surface area contributed by atoms with Crippen molar-refractivity contribution in [3.05, 3.63) is 65.2 Å². The molecule has 27 heavy (non-hydrogen) atoms. The molecule has 0 unspecified atom stereocenters. The highest BCUT2D eigenvalue weighted by molar-refractivity contribution is 5.97. The van der Waals surface area contributed by atoms with E-state index in [2.05, 4.69) is 5.32 Å². The van der Waals surface area contributed by atoms with Crippen molar-refractivity contribution in [2.45, 2.75) is 13.5 Å². The zero-order chi connectivity index (χ0) is 19.1. The van der Waals surface area contributed by atoms with Crippen molar-refractivity contribution < 1.29 is 19.1 Å². The Hall–Kier alpha value is -2.86. The summed E-state index contributed by atoms with van der Waals surface area (Å²) in [6, 6.07) is 14.5. The van der Waals surface area contributed by atoms with E-state index in [4.69, 9.17) is 9.47 Å². The lowest BCUT2D eigenvalue weighted by atomic mass is 10.1. The zero-order valence-corrected chi connectivity index (χ0v) is 15.4. The third-order valence-electron chi connectivity index (χ3n) is 4.38. The monoisotopic (exact) mass is 368 g/mol. The standard InChI is InChI=1S/C21H24N2O4/c1-2-27-19-6-4-3-5-18(19)20(24)22-15-16-7-9-17(10-8-16)21(25)23-11-13-26-14-12-23/h3-10H,2,11-15H2,1H3,(H,22,24). The van der Waals surface area contributed by atoms with E-state index in [0.717, 1.165) is 5.56 Å². The topological polar surface area (TPSA) is 67.9 Å². The molecular weight excluding hydrogens is 344 g/mol. The van der Waals surface area contributed by atoms with Crippen molar-refractivity contribution in [1.29, 1.82) is 0 Å². The molecule has 0 radical (unpaired) electrons. The van der Waals surface area contributed by atoms with Crippen molar-refractivity contribution >= 4 is 11.8 Å². The Balaban J connectivity index is 1.58. The van der Waals surface area contributed by atoms with Crippen molar-refractivity contribution in [2.75, 3.05) is 32.9 Å². The van der Waals surface area contributed by atoms with Crippen LogP contribution in [0.3, 0.4) is 0 Å². The van der Waals surface area contributed by atoms with Crippen LogP contribution in [0, 0.1) is 0 Å². The summed E-state index contributed by atoms with van der Waals surface area (Å²) in [5.74, 6) is 0.399. The largest absolute Gasteiger partial charge is 0.493 e. The molecule has 1 aliphatic heterocycles. The van der Waals surface area contributed by atoms with Crippen molar-refractivity contribution in [3.63, 3.8) is 0 Å². The first-order valence-corrected chi connectivity index (χ1v) is 9.15. The second-order valence-corrected chi connectivity index (χ2v) is 6.21. The Kier molecular flexibility index (Phi) is 6.44. The van der Waals surface area contributed by atoms with Crippen LogP contribution < -0.4 is 10.1 Å². The molecule has 1 fully saturated rings. The van der Waals surface area contributed by atoms with Gasteiger partial charge in [-0.2, -0.15) is 0 Å². The molecule has 1 N–H and O–H groups in total. The molecule has 2 aromatic rings. The van der Waals surface area contributed by atoms with Gasteiger partial charge >= 0.3 is 0 Å². The minimum atomic E-state index is -0.187. The molecule has 0 saturated carbocycles. The number of carbonyl (C=O) groups excluding carboxylic acids is 2. The van der Waals surface area contributed by atoms with Crippen LogP contribution in [0.15, 0.2) is 48.5 Å². The molecule has 6 heteroatoms. The summed E-state index contributed by atoms with van der Waals surface area (Å²) in [5, 5.41) is 2.90. The number of rotatable bonds is 6. The maximum Gasteiger partial charge on any atom is 0.255 e. The van der Waals surface area contributed by atoms with E-state index in [1.165, 1.54) is 0 Å². The van der Waals surface area contributed by atoms with Crippen LogP contribution >= 0.6 is 0 Å². The summed E-state index contributed by atoms with van der Waals surface area (Å²) < 4.78 is 10.8. The Morgan fingerprint density at radius 2 is 1.78 bits per heavy atom. The molecule has 2 aromatic carbocycles. The van der Waals surface area contributed by atoms with Gasteiger partial charge < -0.3 is 19.7 Å². The second kappa shape index (κ2) is 9.19. The molecule has 0 aromatic heterocycles. The normalized spacial score (nSPS) is 13.9. The predicted molar refractivity (Wildman–Crippen MR) is 102 cm³/mol. The molecule has 0 spiro atoms. The van der Waals surface area contributed by atoms with Gasteiger partial charge in [-0.3, -0.25) is 9.59 Å². The highest BCUT2D eigenvalue weighted by Gasteiger charge is 2.18. The maximum absolute atomic E-state index is 12.4. The van der Waals surface area contributed by atoms with Crippen molar-refractivity contribution in [2.24, 2.45) is 0 Å². The molecule has 1 heterocycles. The van der Waals surface area contributed by atoms with Crippen molar-refractivity contribution in [1.82, 2.24) is 10.2 Å². The molecular formula is C21H24N2O4. The first-order chi connectivity index (χ1) is 13.2. The first kappa shape index (κ1) is 18.9. The van der Waals surface area contributed by atoms with Gasteiger partial charge in [-0.05, 0) is 36.8 Å². The van der Waals surface area contributed by atoms with E-state index in [1.54, 1.807) is 29.2 Å². The lowest BCUT2D eigenvalue weighted by Gasteiger charge is -2.26. The lowest BCUT2D eigenvalue weighted by Crippen LogP contribution is -2.40. The van der Waals surface area contributed by atoms with E-state index in [1.807, 2.05) is 31.2 Å². The molecule has 1 aliphatic rings. The Morgan fingerprint density at radius 3 is 2.48 bits per heavy atom. The molecule has 0 aliphatic carbocycles. The van der Waals surface area contributed by atoms with Crippen LogP contribution in [0.4, 0.5) is 0 Å². The number of nitrogens with zero attached hydrogens (tertiary/aromatic N) is 1. The predicted octanol–water partition coefficient (Wildman–Crippen LogP) is 2.49. The van der Waals surface area contributed by atoms with Gasteiger partial charge in [-0.15, -0.1) is 0 Å². The van der Waals surface area contributed by atoms with E-state index < -0.39 is 0 Å². The molecule has 0 bridgehead atoms. The van der Waals surface area contributed by atoms with Gasteiger partial charge in [0.2, 0.25) is 0 Å². The number of benzene rings is 2. The molecule has 1 saturated heterocycles. The second-order valence-electron chi connectivity index (χ2n) is 6.21. The molecule has 6 nitrogen and oxygen atoms in total. The van der Waals surface area contributed by atoms with Crippen LogP contribution in [-0.2, 0) is 11.3 Å².